The molecule has 2 aromatic rings. The van der Waals surface area contributed by atoms with Crippen LogP contribution in [0.15, 0.2) is 30.3 Å². The van der Waals surface area contributed by atoms with Crippen molar-refractivity contribution in [3.05, 3.63) is 47.5 Å². The number of rotatable bonds is 3. The Balaban J connectivity index is 1.32. The summed E-state index contributed by atoms with van der Waals surface area (Å²) in [5.41, 5.74) is 1.43. The van der Waals surface area contributed by atoms with Crippen LogP contribution in [0.2, 0.25) is 0 Å². The smallest absolute Gasteiger partial charge is 0.237 e. The lowest BCUT2D eigenvalue weighted by molar-refractivity contribution is -0.134. The van der Waals surface area contributed by atoms with E-state index >= 15 is 0 Å². The average molecular weight is 353 g/mol. The van der Waals surface area contributed by atoms with Crippen LogP contribution in [-0.2, 0) is 11.3 Å². The summed E-state index contributed by atoms with van der Waals surface area (Å²) in [6, 6.07) is 11.0. The first kappa shape index (κ1) is 17.2. The molecule has 0 unspecified atom stereocenters. The number of nitrogens with zero attached hydrogens (tertiary/aromatic N) is 5. The van der Waals surface area contributed by atoms with Crippen LogP contribution in [-0.4, -0.2) is 56.7 Å². The van der Waals surface area contributed by atoms with Crippen LogP contribution in [0.3, 0.4) is 0 Å². The molecule has 0 N–H and O–H groups in total. The highest BCUT2D eigenvalue weighted by Gasteiger charge is 2.29. The van der Waals surface area contributed by atoms with E-state index < -0.39 is 0 Å². The highest BCUT2D eigenvalue weighted by molar-refractivity contribution is 5.78. The summed E-state index contributed by atoms with van der Waals surface area (Å²) < 4.78 is 2.15. The monoisotopic (exact) mass is 353 g/mol. The zero-order chi connectivity index (χ0) is 18.1. The zero-order valence-electron chi connectivity index (χ0n) is 15.6. The van der Waals surface area contributed by atoms with E-state index in [0.717, 1.165) is 44.1 Å². The van der Waals surface area contributed by atoms with Gasteiger partial charge >= 0.3 is 0 Å². The van der Waals surface area contributed by atoms with Gasteiger partial charge in [-0.05, 0) is 51.3 Å². The Morgan fingerprint density at radius 2 is 1.88 bits per heavy atom. The number of amides is 1. The van der Waals surface area contributed by atoms with E-state index in [9.17, 15) is 4.79 Å². The largest absolute Gasteiger partial charge is 0.332 e. The summed E-state index contributed by atoms with van der Waals surface area (Å²) in [6.45, 7) is 7.91. The Labute approximate surface area is 154 Å². The van der Waals surface area contributed by atoms with Gasteiger partial charge in [0.2, 0.25) is 5.91 Å². The third-order valence-electron chi connectivity index (χ3n) is 5.76. The van der Waals surface area contributed by atoms with Gasteiger partial charge < -0.3 is 9.47 Å². The number of hydrogen-bond acceptors (Lipinski definition) is 4. The molecule has 3 heterocycles. The molecule has 2 aliphatic rings. The van der Waals surface area contributed by atoms with Crippen molar-refractivity contribution in [3.63, 3.8) is 0 Å². The standard InChI is InChI=1S/C20H27N5O/c1-15-12-24(13-19-22-21-16(2)25(15)19)20(26)14-23-10-8-18(9-11-23)17-6-4-3-5-7-17/h3-7,15,18H,8-14H2,1-2H3/t15-/m0/s1. The van der Waals surface area contributed by atoms with Crippen molar-refractivity contribution < 1.29 is 4.79 Å². The van der Waals surface area contributed by atoms with Gasteiger partial charge in [0.15, 0.2) is 5.82 Å². The molecular weight excluding hydrogens is 326 g/mol. The minimum absolute atomic E-state index is 0.210. The number of fused-ring (bicyclic) bond motifs is 1. The Morgan fingerprint density at radius 3 is 2.62 bits per heavy atom. The summed E-state index contributed by atoms with van der Waals surface area (Å²) in [7, 11) is 0. The third-order valence-corrected chi connectivity index (χ3v) is 5.76. The maximum absolute atomic E-state index is 12.8. The zero-order valence-corrected chi connectivity index (χ0v) is 15.6. The lowest BCUT2D eigenvalue weighted by atomic mass is 9.89. The number of piperidine rings is 1. The summed E-state index contributed by atoms with van der Waals surface area (Å²) in [5.74, 6) is 2.67. The van der Waals surface area contributed by atoms with Crippen LogP contribution in [0.5, 0.6) is 0 Å². The number of likely N-dealkylation sites (tertiary alicyclic amines) is 1. The maximum Gasteiger partial charge on any atom is 0.237 e. The van der Waals surface area contributed by atoms with E-state index in [-0.39, 0.29) is 11.9 Å². The molecule has 2 aliphatic heterocycles. The molecule has 1 aromatic heterocycles. The first-order valence-electron chi connectivity index (χ1n) is 9.57. The fraction of sp³-hybridized carbons (Fsp3) is 0.550. The van der Waals surface area contributed by atoms with Gasteiger partial charge in [-0.2, -0.15) is 0 Å². The number of aromatic nitrogens is 3. The number of hydrogen-bond donors (Lipinski definition) is 0. The molecule has 1 fully saturated rings. The number of benzene rings is 1. The summed E-state index contributed by atoms with van der Waals surface area (Å²) >= 11 is 0. The van der Waals surface area contributed by atoms with Gasteiger partial charge in [-0.3, -0.25) is 9.69 Å². The van der Waals surface area contributed by atoms with Crippen molar-refractivity contribution in [2.75, 3.05) is 26.2 Å². The van der Waals surface area contributed by atoms with Crippen LogP contribution in [0.25, 0.3) is 0 Å². The molecule has 1 aromatic carbocycles. The SMILES string of the molecule is Cc1nnc2n1[C@@H](C)CN(C(=O)CN1CCC(c3ccccc3)CC1)C2. The van der Waals surface area contributed by atoms with Gasteiger partial charge in [-0.1, -0.05) is 30.3 Å². The van der Waals surface area contributed by atoms with Crippen LogP contribution in [0.4, 0.5) is 0 Å². The number of carbonyl (C=O) groups is 1. The van der Waals surface area contributed by atoms with Crippen molar-refractivity contribution >= 4 is 5.91 Å². The fourth-order valence-corrected chi connectivity index (χ4v) is 4.36. The molecule has 6 nitrogen and oxygen atoms in total. The Kier molecular flexibility index (Phi) is 4.76. The molecule has 1 saturated heterocycles. The molecule has 0 bridgehead atoms. The lowest BCUT2D eigenvalue weighted by Gasteiger charge is -2.36. The van der Waals surface area contributed by atoms with Crippen molar-refractivity contribution in [1.29, 1.82) is 0 Å². The van der Waals surface area contributed by atoms with Crippen LogP contribution < -0.4 is 0 Å². The van der Waals surface area contributed by atoms with Crippen molar-refractivity contribution in [1.82, 2.24) is 24.6 Å². The molecule has 0 radical (unpaired) electrons. The third kappa shape index (κ3) is 3.38. The number of carbonyl (C=O) groups excluding carboxylic acids is 1. The molecule has 0 aliphatic carbocycles. The van der Waals surface area contributed by atoms with E-state index in [4.69, 9.17) is 0 Å². The predicted octanol–water partition coefficient (Wildman–Crippen LogP) is 2.37. The van der Waals surface area contributed by atoms with Gasteiger partial charge in [0.05, 0.1) is 19.1 Å². The highest BCUT2D eigenvalue weighted by atomic mass is 16.2. The molecule has 6 heteroatoms. The predicted molar refractivity (Wildman–Crippen MR) is 99.7 cm³/mol. The molecule has 4 rings (SSSR count). The van der Waals surface area contributed by atoms with E-state index in [2.05, 4.69) is 56.9 Å². The van der Waals surface area contributed by atoms with Gasteiger partial charge in [0.1, 0.15) is 5.82 Å². The minimum Gasteiger partial charge on any atom is -0.332 e. The number of aryl methyl sites for hydroxylation is 1. The Morgan fingerprint density at radius 1 is 1.15 bits per heavy atom. The van der Waals surface area contributed by atoms with Crippen LogP contribution in [0, 0.1) is 6.92 Å². The topological polar surface area (TPSA) is 54.3 Å². The molecule has 0 spiro atoms. The van der Waals surface area contributed by atoms with Crippen LogP contribution >= 0.6 is 0 Å². The summed E-state index contributed by atoms with van der Waals surface area (Å²) in [6.07, 6.45) is 2.25. The Bertz CT molecular complexity index is 764. The molecule has 26 heavy (non-hydrogen) atoms. The molecule has 1 atom stereocenters. The second kappa shape index (κ2) is 7.19. The summed E-state index contributed by atoms with van der Waals surface area (Å²) in [4.78, 5) is 17.1. The van der Waals surface area contributed by atoms with Crippen molar-refractivity contribution in [2.45, 2.75) is 45.2 Å². The molecule has 1 amide bonds. The van der Waals surface area contributed by atoms with E-state index in [1.807, 2.05) is 11.8 Å². The van der Waals surface area contributed by atoms with Gasteiger partial charge in [0, 0.05) is 6.54 Å². The Hall–Kier alpha value is -2.21. The fourth-order valence-electron chi connectivity index (χ4n) is 4.36. The second-order valence-corrected chi connectivity index (χ2v) is 7.62. The lowest BCUT2D eigenvalue weighted by Crippen LogP contribution is -2.46. The second-order valence-electron chi connectivity index (χ2n) is 7.62. The van der Waals surface area contributed by atoms with Crippen molar-refractivity contribution in [3.8, 4) is 0 Å². The van der Waals surface area contributed by atoms with E-state index in [1.165, 1.54) is 5.56 Å². The van der Waals surface area contributed by atoms with Gasteiger partial charge in [-0.15, -0.1) is 10.2 Å². The highest BCUT2D eigenvalue weighted by Crippen LogP contribution is 2.28. The molecular formula is C20H27N5O. The van der Waals surface area contributed by atoms with Gasteiger partial charge in [-0.25, -0.2) is 0 Å². The van der Waals surface area contributed by atoms with E-state index in [1.54, 1.807) is 0 Å². The molecule has 0 saturated carbocycles. The average Bonchev–Trinajstić information content (AvgIpc) is 3.04. The maximum atomic E-state index is 12.8. The van der Waals surface area contributed by atoms with Crippen LogP contribution in [0.1, 0.15) is 48.9 Å². The first-order chi connectivity index (χ1) is 12.6. The van der Waals surface area contributed by atoms with E-state index in [0.29, 0.717) is 19.0 Å². The minimum atomic E-state index is 0.210. The van der Waals surface area contributed by atoms with Crippen molar-refractivity contribution in [2.24, 2.45) is 0 Å². The first-order valence-corrected chi connectivity index (χ1v) is 9.57. The summed E-state index contributed by atoms with van der Waals surface area (Å²) in [5, 5.41) is 8.39. The van der Waals surface area contributed by atoms with Gasteiger partial charge in [0.25, 0.3) is 0 Å². The molecule has 138 valence electrons. The normalized spacial score (nSPS) is 21.6. The quantitative estimate of drug-likeness (QED) is 0.850.